The Labute approximate surface area is 96.6 Å². The molecule has 0 saturated carbocycles. The first-order valence-corrected chi connectivity index (χ1v) is 4.52. The van der Waals surface area contributed by atoms with Crippen molar-refractivity contribution in [1.29, 1.82) is 0 Å². The van der Waals surface area contributed by atoms with Crippen molar-refractivity contribution in [1.82, 2.24) is 14.8 Å². The number of alkyl halides is 6. The maximum atomic E-state index is 12.2. The molecule has 10 heteroatoms. The van der Waals surface area contributed by atoms with Crippen molar-refractivity contribution in [2.24, 2.45) is 13.0 Å². The van der Waals surface area contributed by atoms with Crippen LogP contribution < -0.4 is 0 Å². The van der Waals surface area contributed by atoms with Gasteiger partial charge in [0, 0.05) is 7.05 Å². The maximum Gasteiger partial charge on any atom is 0.407 e. The number of carbonyl (C=O) groups is 1. The predicted molar refractivity (Wildman–Crippen MR) is 45.3 cm³/mol. The number of ketones is 1. The third-order valence-corrected chi connectivity index (χ3v) is 2.11. The Morgan fingerprint density at radius 1 is 1.28 bits per heavy atom. The Balaban J connectivity index is 2.95. The molecule has 0 aliphatic carbocycles. The van der Waals surface area contributed by atoms with E-state index in [-0.39, 0.29) is 5.82 Å². The molecule has 0 spiro atoms. The highest BCUT2D eigenvalue weighted by Crippen LogP contribution is 2.40. The first kappa shape index (κ1) is 14.5. The second kappa shape index (κ2) is 4.58. The summed E-state index contributed by atoms with van der Waals surface area (Å²) in [5.74, 6) is -6.27. The van der Waals surface area contributed by atoms with E-state index in [2.05, 4.69) is 10.1 Å². The Bertz CT molecular complexity index is 421. The molecule has 1 rings (SSSR count). The average Bonchev–Trinajstić information content (AvgIpc) is 2.45. The molecule has 0 bridgehead atoms. The zero-order valence-corrected chi connectivity index (χ0v) is 8.88. The van der Waals surface area contributed by atoms with E-state index in [1.165, 1.54) is 7.05 Å². The van der Waals surface area contributed by atoms with Crippen LogP contribution in [0.4, 0.5) is 26.3 Å². The molecular weight excluding hydrogens is 268 g/mol. The highest BCUT2D eigenvalue weighted by Gasteiger charge is 2.60. The van der Waals surface area contributed by atoms with Crippen molar-refractivity contribution in [3.05, 3.63) is 12.2 Å². The standard InChI is InChI=1S/C8H7F6N3O/c1-17-5(15-3-16-17)2-4(18)6(7(9,10)11)8(12,13)14/h3,6H,2H2,1H3. The molecule has 1 aromatic heterocycles. The summed E-state index contributed by atoms with van der Waals surface area (Å²) in [6, 6.07) is 0. The Kier molecular flexibility index (Phi) is 3.67. The van der Waals surface area contributed by atoms with Gasteiger partial charge >= 0.3 is 12.4 Å². The van der Waals surface area contributed by atoms with Gasteiger partial charge in [0.05, 0.1) is 6.42 Å². The van der Waals surface area contributed by atoms with Gasteiger partial charge < -0.3 is 0 Å². The van der Waals surface area contributed by atoms with Crippen LogP contribution in [0, 0.1) is 5.92 Å². The molecular formula is C8H7F6N3O. The molecule has 1 aromatic rings. The Morgan fingerprint density at radius 3 is 2.11 bits per heavy atom. The molecule has 0 N–H and O–H groups in total. The van der Waals surface area contributed by atoms with E-state index in [1.54, 1.807) is 0 Å². The maximum absolute atomic E-state index is 12.2. The number of Topliss-reactive ketones (excluding diaryl/α,β-unsaturated/α-hetero) is 1. The molecule has 0 radical (unpaired) electrons. The van der Waals surface area contributed by atoms with Crippen molar-refractivity contribution in [3.63, 3.8) is 0 Å². The van der Waals surface area contributed by atoms with Crippen LogP contribution in [0.1, 0.15) is 5.82 Å². The molecule has 18 heavy (non-hydrogen) atoms. The largest absolute Gasteiger partial charge is 0.407 e. The lowest BCUT2D eigenvalue weighted by atomic mass is 10.00. The molecule has 0 atom stereocenters. The average molecular weight is 275 g/mol. The second-order valence-corrected chi connectivity index (χ2v) is 3.46. The summed E-state index contributed by atoms with van der Waals surface area (Å²) in [6.07, 6.45) is -11.5. The number of rotatable bonds is 3. The Morgan fingerprint density at radius 2 is 1.78 bits per heavy atom. The summed E-state index contributed by atoms with van der Waals surface area (Å²) in [7, 11) is 1.26. The summed E-state index contributed by atoms with van der Waals surface area (Å²) in [5.41, 5.74) is 0. The van der Waals surface area contributed by atoms with E-state index in [0.717, 1.165) is 11.0 Å². The first-order chi connectivity index (χ1) is 8.03. The normalized spacial score (nSPS) is 13.1. The second-order valence-electron chi connectivity index (χ2n) is 3.46. The Hall–Kier alpha value is -1.61. The van der Waals surface area contributed by atoms with Crippen molar-refractivity contribution in [2.45, 2.75) is 18.8 Å². The third kappa shape index (κ3) is 3.20. The fourth-order valence-corrected chi connectivity index (χ4v) is 1.29. The lowest BCUT2D eigenvalue weighted by Crippen LogP contribution is -2.43. The lowest BCUT2D eigenvalue weighted by Gasteiger charge is -2.21. The van der Waals surface area contributed by atoms with Gasteiger partial charge in [-0.25, -0.2) is 4.98 Å². The van der Waals surface area contributed by atoms with Crippen LogP contribution >= 0.6 is 0 Å². The van der Waals surface area contributed by atoms with Crippen LogP contribution in [0.2, 0.25) is 0 Å². The summed E-state index contributed by atoms with van der Waals surface area (Å²) in [5, 5.41) is 3.44. The van der Waals surface area contributed by atoms with Gasteiger partial charge in [-0.15, -0.1) is 0 Å². The monoisotopic (exact) mass is 275 g/mol. The van der Waals surface area contributed by atoms with Crippen LogP contribution in [-0.2, 0) is 18.3 Å². The number of hydrogen-bond acceptors (Lipinski definition) is 3. The molecule has 0 fully saturated rings. The molecule has 0 aromatic carbocycles. The minimum Gasteiger partial charge on any atom is -0.298 e. The van der Waals surface area contributed by atoms with Crippen molar-refractivity contribution in [3.8, 4) is 0 Å². The van der Waals surface area contributed by atoms with Crippen LogP contribution in [-0.4, -0.2) is 32.9 Å². The van der Waals surface area contributed by atoms with Crippen molar-refractivity contribution < 1.29 is 31.1 Å². The van der Waals surface area contributed by atoms with Gasteiger partial charge in [-0.05, 0) is 0 Å². The van der Waals surface area contributed by atoms with Gasteiger partial charge in [0.15, 0.2) is 5.78 Å². The number of nitrogens with zero attached hydrogens (tertiary/aromatic N) is 3. The zero-order valence-electron chi connectivity index (χ0n) is 8.88. The topological polar surface area (TPSA) is 47.8 Å². The van der Waals surface area contributed by atoms with Crippen molar-refractivity contribution >= 4 is 5.78 Å². The summed E-state index contributed by atoms with van der Waals surface area (Å²) < 4.78 is 74.2. The molecule has 0 saturated heterocycles. The highest BCUT2D eigenvalue weighted by atomic mass is 19.4. The minimum absolute atomic E-state index is 0.265. The van der Waals surface area contributed by atoms with Gasteiger partial charge in [0.2, 0.25) is 5.92 Å². The number of aromatic nitrogens is 3. The number of halogens is 6. The molecule has 0 aliphatic heterocycles. The quantitative estimate of drug-likeness (QED) is 0.788. The molecule has 4 nitrogen and oxygen atoms in total. The third-order valence-electron chi connectivity index (χ3n) is 2.11. The summed E-state index contributed by atoms with van der Waals surface area (Å²) in [6.45, 7) is 0. The first-order valence-electron chi connectivity index (χ1n) is 4.52. The SMILES string of the molecule is Cn1ncnc1CC(=O)C(C(F)(F)F)C(F)(F)F. The number of aryl methyl sites for hydroxylation is 1. The molecule has 0 aliphatic rings. The van der Waals surface area contributed by atoms with Gasteiger partial charge in [0.25, 0.3) is 0 Å². The highest BCUT2D eigenvalue weighted by molar-refractivity contribution is 5.84. The summed E-state index contributed by atoms with van der Waals surface area (Å²) >= 11 is 0. The zero-order chi connectivity index (χ0) is 14.1. The van der Waals surface area contributed by atoms with Crippen molar-refractivity contribution in [2.75, 3.05) is 0 Å². The number of carbonyl (C=O) groups excluding carboxylic acids is 1. The predicted octanol–water partition coefficient (Wildman–Crippen LogP) is 1.67. The molecule has 0 amide bonds. The van der Waals surface area contributed by atoms with E-state index in [9.17, 15) is 31.1 Å². The van der Waals surface area contributed by atoms with Gasteiger partial charge in [0.1, 0.15) is 12.2 Å². The van der Waals surface area contributed by atoms with E-state index < -0.39 is 30.5 Å². The van der Waals surface area contributed by atoms with Crippen LogP contribution in [0.15, 0.2) is 6.33 Å². The van der Waals surface area contributed by atoms with E-state index >= 15 is 0 Å². The fourth-order valence-electron chi connectivity index (χ4n) is 1.29. The van der Waals surface area contributed by atoms with Crippen LogP contribution in [0.3, 0.4) is 0 Å². The van der Waals surface area contributed by atoms with E-state index in [1.807, 2.05) is 0 Å². The lowest BCUT2D eigenvalue weighted by molar-refractivity contribution is -0.273. The van der Waals surface area contributed by atoms with Gasteiger partial charge in [-0.1, -0.05) is 0 Å². The molecule has 1 heterocycles. The van der Waals surface area contributed by atoms with Crippen LogP contribution in [0.25, 0.3) is 0 Å². The fraction of sp³-hybridized carbons (Fsp3) is 0.625. The number of hydrogen-bond donors (Lipinski definition) is 0. The van der Waals surface area contributed by atoms with E-state index in [4.69, 9.17) is 0 Å². The molecule has 0 unspecified atom stereocenters. The minimum atomic E-state index is -5.67. The summed E-state index contributed by atoms with van der Waals surface area (Å²) in [4.78, 5) is 14.5. The van der Waals surface area contributed by atoms with Gasteiger partial charge in [-0.3, -0.25) is 9.48 Å². The molecule has 102 valence electrons. The van der Waals surface area contributed by atoms with Gasteiger partial charge in [-0.2, -0.15) is 31.4 Å². The van der Waals surface area contributed by atoms with E-state index in [0.29, 0.717) is 0 Å². The van der Waals surface area contributed by atoms with Crippen LogP contribution in [0.5, 0.6) is 0 Å². The smallest absolute Gasteiger partial charge is 0.298 e.